The topological polar surface area (TPSA) is 66.9 Å². The summed E-state index contributed by atoms with van der Waals surface area (Å²) in [5, 5.41) is 13.2. The SMILES string of the molecule is CCNc1nnc(S[C@@H](C)C(=O)Nc2ccccc2C(F)(F)F)s1. The van der Waals surface area contributed by atoms with Crippen LogP contribution < -0.4 is 10.6 Å². The van der Waals surface area contributed by atoms with Gasteiger partial charge in [0.05, 0.1) is 16.5 Å². The number of hydrogen-bond donors (Lipinski definition) is 2. The molecule has 2 N–H and O–H groups in total. The van der Waals surface area contributed by atoms with Crippen LogP contribution in [0.5, 0.6) is 0 Å². The summed E-state index contributed by atoms with van der Waals surface area (Å²) in [5.41, 5.74) is -1.13. The van der Waals surface area contributed by atoms with E-state index in [1.165, 1.54) is 29.5 Å². The summed E-state index contributed by atoms with van der Waals surface area (Å²) in [4.78, 5) is 12.2. The van der Waals surface area contributed by atoms with Gasteiger partial charge in [-0.2, -0.15) is 13.2 Å². The van der Waals surface area contributed by atoms with Crippen LogP contribution >= 0.6 is 23.1 Å². The average Bonchev–Trinajstić information content (AvgIpc) is 2.94. The van der Waals surface area contributed by atoms with E-state index in [-0.39, 0.29) is 5.69 Å². The van der Waals surface area contributed by atoms with Crippen molar-refractivity contribution >= 4 is 39.8 Å². The fourth-order valence-corrected chi connectivity index (χ4v) is 3.72. The highest BCUT2D eigenvalue weighted by Crippen LogP contribution is 2.35. The Kier molecular flexibility index (Phi) is 6.05. The molecule has 2 aromatic rings. The molecular formula is C14H15F3N4OS2. The Morgan fingerprint density at radius 2 is 2.04 bits per heavy atom. The number of alkyl halides is 3. The van der Waals surface area contributed by atoms with E-state index >= 15 is 0 Å². The van der Waals surface area contributed by atoms with Crippen molar-refractivity contribution in [3.8, 4) is 0 Å². The van der Waals surface area contributed by atoms with Crippen molar-refractivity contribution in [1.29, 1.82) is 0 Å². The number of para-hydroxylation sites is 1. The van der Waals surface area contributed by atoms with Crippen LogP contribution in [0.3, 0.4) is 0 Å². The quantitative estimate of drug-likeness (QED) is 0.743. The molecule has 2 rings (SSSR count). The Bertz CT molecular complexity index is 705. The molecule has 0 aliphatic heterocycles. The van der Waals surface area contributed by atoms with Gasteiger partial charge in [-0.25, -0.2) is 0 Å². The number of nitrogens with zero attached hydrogens (tertiary/aromatic N) is 2. The zero-order valence-electron chi connectivity index (χ0n) is 12.8. The maximum atomic E-state index is 12.9. The maximum absolute atomic E-state index is 12.9. The van der Waals surface area contributed by atoms with Crippen molar-refractivity contribution in [3.05, 3.63) is 29.8 Å². The molecule has 24 heavy (non-hydrogen) atoms. The lowest BCUT2D eigenvalue weighted by Crippen LogP contribution is -2.24. The van der Waals surface area contributed by atoms with Gasteiger partial charge < -0.3 is 10.6 Å². The first-order valence-corrected chi connectivity index (χ1v) is 8.72. The van der Waals surface area contributed by atoms with Gasteiger partial charge in [0.25, 0.3) is 0 Å². The van der Waals surface area contributed by atoms with E-state index in [0.29, 0.717) is 16.0 Å². The van der Waals surface area contributed by atoms with Gasteiger partial charge >= 0.3 is 6.18 Å². The minimum Gasteiger partial charge on any atom is -0.360 e. The normalized spacial score (nSPS) is 12.7. The van der Waals surface area contributed by atoms with Crippen molar-refractivity contribution in [2.45, 2.75) is 29.6 Å². The Morgan fingerprint density at radius 1 is 1.33 bits per heavy atom. The van der Waals surface area contributed by atoms with Crippen LogP contribution in [0.2, 0.25) is 0 Å². The summed E-state index contributed by atoms with van der Waals surface area (Å²) in [6, 6.07) is 4.88. The van der Waals surface area contributed by atoms with E-state index in [2.05, 4.69) is 20.8 Å². The van der Waals surface area contributed by atoms with Crippen molar-refractivity contribution in [3.63, 3.8) is 0 Å². The van der Waals surface area contributed by atoms with Crippen molar-refractivity contribution < 1.29 is 18.0 Å². The first-order chi connectivity index (χ1) is 11.3. The summed E-state index contributed by atoms with van der Waals surface area (Å²) >= 11 is 2.43. The highest BCUT2D eigenvalue weighted by Gasteiger charge is 2.34. The maximum Gasteiger partial charge on any atom is 0.418 e. The first kappa shape index (κ1) is 18.5. The van der Waals surface area contributed by atoms with Crippen LogP contribution in [0.1, 0.15) is 19.4 Å². The highest BCUT2D eigenvalue weighted by molar-refractivity contribution is 8.02. The average molecular weight is 376 g/mol. The Morgan fingerprint density at radius 3 is 2.71 bits per heavy atom. The molecule has 10 heteroatoms. The third-order valence-electron chi connectivity index (χ3n) is 2.87. The zero-order chi connectivity index (χ0) is 17.7. The summed E-state index contributed by atoms with van der Waals surface area (Å²) in [6.07, 6.45) is -4.53. The van der Waals surface area contributed by atoms with Crippen LogP contribution in [0.4, 0.5) is 24.0 Å². The molecule has 0 aliphatic carbocycles. The molecule has 0 saturated carbocycles. The number of halogens is 3. The van der Waals surface area contributed by atoms with Crippen LogP contribution in [0, 0.1) is 0 Å². The van der Waals surface area contributed by atoms with Gasteiger partial charge in [0, 0.05) is 6.54 Å². The fraction of sp³-hybridized carbons (Fsp3) is 0.357. The smallest absolute Gasteiger partial charge is 0.360 e. The van der Waals surface area contributed by atoms with E-state index in [9.17, 15) is 18.0 Å². The summed E-state index contributed by atoms with van der Waals surface area (Å²) in [7, 11) is 0. The van der Waals surface area contributed by atoms with Crippen LogP contribution in [-0.4, -0.2) is 27.9 Å². The van der Waals surface area contributed by atoms with E-state index in [0.717, 1.165) is 17.8 Å². The number of benzene rings is 1. The number of aromatic nitrogens is 2. The Balaban J connectivity index is 2.04. The lowest BCUT2D eigenvalue weighted by atomic mass is 10.1. The molecule has 1 amide bonds. The van der Waals surface area contributed by atoms with Gasteiger partial charge in [0.15, 0.2) is 4.34 Å². The molecule has 5 nitrogen and oxygen atoms in total. The number of hydrogen-bond acceptors (Lipinski definition) is 6. The first-order valence-electron chi connectivity index (χ1n) is 7.02. The highest BCUT2D eigenvalue weighted by atomic mass is 32.2. The minimum absolute atomic E-state index is 0.256. The molecule has 0 spiro atoms. The fourth-order valence-electron chi connectivity index (χ4n) is 1.76. The molecule has 0 unspecified atom stereocenters. The third-order valence-corrected chi connectivity index (χ3v) is 4.94. The monoisotopic (exact) mass is 376 g/mol. The molecule has 1 heterocycles. The summed E-state index contributed by atoms with van der Waals surface area (Å²) in [5.74, 6) is -0.531. The number of thioether (sulfide) groups is 1. The molecule has 1 aromatic heterocycles. The third kappa shape index (κ3) is 4.84. The predicted octanol–water partition coefficient (Wildman–Crippen LogP) is 4.11. The summed E-state index contributed by atoms with van der Waals surface area (Å²) < 4.78 is 39.4. The number of nitrogens with one attached hydrogen (secondary N) is 2. The van der Waals surface area contributed by atoms with Crippen molar-refractivity contribution in [2.24, 2.45) is 0 Å². The van der Waals surface area contributed by atoms with Gasteiger partial charge in [0.1, 0.15) is 0 Å². The number of rotatable bonds is 6. The lowest BCUT2D eigenvalue weighted by Gasteiger charge is -2.15. The van der Waals surface area contributed by atoms with E-state index in [4.69, 9.17) is 0 Å². The van der Waals surface area contributed by atoms with Gasteiger partial charge in [0.2, 0.25) is 11.0 Å². The minimum atomic E-state index is -4.53. The molecule has 0 radical (unpaired) electrons. The molecule has 0 saturated heterocycles. The standard InChI is InChI=1S/C14H15F3N4OS2/c1-3-18-12-20-21-13(24-12)23-8(2)11(22)19-10-7-5-4-6-9(10)14(15,16)17/h4-8H,3H2,1-2H3,(H,18,20)(H,19,22)/t8-/m0/s1. The number of carbonyl (C=O) groups is 1. The Labute approximate surface area is 145 Å². The molecular weight excluding hydrogens is 361 g/mol. The number of amides is 1. The lowest BCUT2D eigenvalue weighted by molar-refractivity contribution is -0.137. The second kappa shape index (κ2) is 7.84. The van der Waals surface area contributed by atoms with Crippen molar-refractivity contribution in [1.82, 2.24) is 10.2 Å². The van der Waals surface area contributed by atoms with E-state index in [1.807, 2.05) is 6.92 Å². The van der Waals surface area contributed by atoms with Gasteiger partial charge in [-0.05, 0) is 26.0 Å². The molecule has 0 aliphatic rings. The molecule has 1 atom stereocenters. The van der Waals surface area contributed by atoms with E-state index < -0.39 is 22.9 Å². The molecule has 0 bridgehead atoms. The van der Waals surface area contributed by atoms with Gasteiger partial charge in [-0.15, -0.1) is 10.2 Å². The summed E-state index contributed by atoms with van der Waals surface area (Å²) in [6.45, 7) is 4.22. The van der Waals surface area contributed by atoms with Crippen LogP contribution in [-0.2, 0) is 11.0 Å². The largest absolute Gasteiger partial charge is 0.418 e. The van der Waals surface area contributed by atoms with Crippen molar-refractivity contribution in [2.75, 3.05) is 17.2 Å². The number of anilines is 2. The van der Waals surface area contributed by atoms with E-state index in [1.54, 1.807) is 6.92 Å². The van der Waals surface area contributed by atoms with Gasteiger partial charge in [-0.3, -0.25) is 4.79 Å². The second-order valence-corrected chi connectivity index (χ2v) is 7.26. The van der Waals surface area contributed by atoms with Crippen LogP contribution in [0.15, 0.2) is 28.6 Å². The number of carbonyl (C=O) groups excluding carboxylic acids is 1. The predicted molar refractivity (Wildman–Crippen MR) is 89.5 cm³/mol. The van der Waals surface area contributed by atoms with Gasteiger partial charge in [-0.1, -0.05) is 35.2 Å². The molecule has 1 aromatic carbocycles. The molecule has 130 valence electrons. The second-order valence-electron chi connectivity index (χ2n) is 4.70. The molecule has 0 fully saturated rings. The Hall–Kier alpha value is -1.81. The van der Waals surface area contributed by atoms with Crippen LogP contribution in [0.25, 0.3) is 0 Å². The zero-order valence-corrected chi connectivity index (χ0v) is 14.5.